The third-order valence-corrected chi connectivity index (χ3v) is 3.11. The summed E-state index contributed by atoms with van der Waals surface area (Å²) >= 11 is 0. The first kappa shape index (κ1) is 13.9. The molecule has 0 bridgehead atoms. The van der Waals surface area contributed by atoms with E-state index in [1.54, 1.807) is 24.3 Å². The van der Waals surface area contributed by atoms with Gasteiger partial charge in [-0.25, -0.2) is 9.59 Å². The molecule has 0 amide bonds. The van der Waals surface area contributed by atoms with Crippen LogP contribution < -0.4 is 0 Å². The minimum Gasteiger partial charge on any atom is -0.466 e. The van der Waals surface area contributed by atoms with Crippen molar-refractivity contribution >= 4 is 11.9 Å². The van der Waals surface area contributed by atoms with Gasteiger partial charge in [0.25, 0.3) is 0 Å². The number of hydrogen-bond acceptors (Lipinski definition) is 5. The number of aromatic nitrogens is 1. The van der Waals surface area contributed by atoms with Gasteiger partial charge in [-0.15, -0.1) is 0 Å². The second-order valence-corrected chi connectivity index (χ2v) is 4.36. The lowest BCUT2D eigenvalue weighted by Crippen LogP contribution is -2.30. The average molecular weight is 276 g/mol. The van der Waals surface area contributed by atoms with E-state index in [9.17, 15) is 9.59 Å². The first-order valence-electron chi connectivity index (χ1n) is 6.03. The van der Waals surface area contributed by atoms with Gasteiger partial charge in [-0.1, -0.05) is 0 Å². The highest BCUT2D eigenvalue weighted by molar-refractivity contribution is 5.97. The Labute approximate surface area is 116 Å². The van der Waals surface area contributed by atoms with Crippen LogP contribution in [0.3, 0.4) is 0 Å². The van der Waals surface area contributed by atoms with E-state index in [4.69, 9.17) is 4.74 Å². The molecule has 0 fully saturated rings. The molecule has 0 radical (unpaired) electrons. The molecule has 1 aromatic heterocycles. The number of methoxy groups -OCH3 is 2. The van der Waals surface area contributed by atoms with Gasteiger partial charge in [-0.3, -0.25) is 0 Å². The molecule has 0 aliphatic carbocycles. The Kier molecular flexibility index (Phi) is 3.93. The molecule has 2 rings (SSSR count). The highest BCUT2D eigenvalue weighted by Crippen LogP contribution is 2.32. The summed E-state index contributed by atoms with van der Waals surface area (Å²) in [7, 11) is 4.39. The number of esters is 2. The van der Waals surface area contributed by atoms with Crippen LogP contribution in [0.5, 0.6) is 0 Å². The van der Waals surface area contributed by atoms with Crippen molar-refractivity contribution in [2.75, 3.05) is 21.3 Å². The monoisotopic (exact) mass is 276 g/mol. The summed E-state index contributed by atoms with van der Waals surface area (Å²) in [4.78, 5) is 28.4. The van der Waals surface area contributed by atoms with Gasteiger partial charge >= 0.3 is 11.9 Å². The summed E-state index contributed by atoms with van der Waals surface area (Å²) in [6.45, 7) is 0. The molecule has 106 valence electrons. The van der Waals surface area contributed by atoms with Crippen molar-refractivity contribution in [1.82, 2.24) is 9.88 Å². The molecule has 0 aromatic carbocycles. The first-order valence-corrected chi connectivity index (χ1v) is 6.03. The van der Waals surface area contributed by atoms with E-state index in [2.05, 4.69) is 9.72 Å². The van der Waals surface area contributed by atoms with Crippen LogP contribution in [0.2, 0.25) is 0 Å². The molecule has 1 aliphatic rings. The fourth-order valence-electron chi connectivity index (χ4n) is 2.22. The number of ether oxygens (including phenoxy) is 2. The lowest BCUT2D eigenvalue weighted by molar-refractivity contribution is -0.136. The van der Waals surface area contributed by atoms with Crippen LogP contribution >= 0.6 is 0 Å². The van der Waals surface area contributed by atoms with Crippen LogP contribution in [0.25, 0.3) is 0 Å². The molecule has 6 nitrogen and oxygen atoms in total. The molecule has 1 atom stereocenters. The van der Waals surface area contributed by atoms with E-state index in [0.29, 0.717) is 11.1 Å². The topological polar surface area (TPSA) is 71.6 Å². The van der Waals surface area contributed by atoms with Crippen molar-refractivity contribution in [3.63, 3.8) is 0 Å². The average Bonchev–Trinajstić information content (AvgIpc) is 2.98. The van der Waals surface area contributed by atoms with E-state index in [1.807, 2.05) is 12.1 Å². The number of carbonyl (C=O) groups excluding carboxylic acids is 2. The highest BCUT2D eigenvalue weighted by Gasteiger charge is 2.31. The van der Waals surface area contributed by atoms with E-state index in [-0.39, 0.29) is 6.04 Å². The van der Waals surface area contributed by atoms with Crippen LogP contribution in [-0.2, 0) is 19.1 Å². The lowest BCUT2D eigenvalue weighted by atomic mass is 9.97. The third-order valence-electron chi connectivity index (χ3n) is 3.11. The summed E-state index contributed by atoms with van der Waals surface area (Å²) in [5.41, 5.74) is 1.52. The van der Waals surface area contributed by atoms with Crippen LogP contribution in [0.15, 0.2) is 41.8 Å². The SMILES string of the molecule is COC(=O)C1=CN(C)C(c2ccc[nH]2)C(C(=O)OC)=C1. The number of aromatic amines is 1. The zero-order valence-electron chi connectivity index (χ0n) is 11.5. The summed E-state index contributed by atoms with van der Waals surface area (Å²) in [5, 5.41) is 0. The summed E-state index contributed by atoms with van der Waals surface area (Å²) in [6, 6.07) is 3.39. The summed E-state index contributed by atoms with van der Waals surface area (Å²) in [6.07, 6.45) is 4.92. The fourth-order valence-corrected chi connectivity index (χ4v) is 2.22. The van der Waals surface area contributed by atoms with Gasteiger partial charge in [-0.05, 0) is 18.2 Å². The van der Waals surface area contributed by atoms with Crippen LogP contribution in [-0.4, -0.2) is 43.1 Å². The van der Waals surface area contributed by atoms with Crippen molar-refractivity contribution < 1.29 is 19.1 Å². The van der Waals surface area contributed by atoms with Crippen molar-refractivity contribution in [1.29, 1.82) is 0 Å². The van der Waals surface area contributed by atoms with Crippen molar-refractivity contribution in [2.24, 2.45) is 0 Å². The second kappa shape index (κ2) is 5.64. The number of likely N-dealkylation sites (N-methyl/N-ethyl adjacent to an activating group) is 1. The molecule has 0 saturated carbocycles. The Balaban J connectivity index is 2.45. The largest absolute Gasteiger partial charge is 0.466 e. The van der Waals surface area contributed by atoms with Gasteiger partial charge < -0.3 is 19.4 Å². The quantitative estimate of drug-likeness (QED) is 0.839. The smallest absolute Gasteiger partial charge is 0.339 e. The number of nitrogens with zero attached hydrogens (tertiary/aromatic N) is 1. The van der Waals surface area contributed by atoms with Gasteiger partial charge in [0.05, 0.1) is 25.4 Å². The Bertz CT molecular complexity index is 572. The maximum Gasteiger partial charge on any atom is 0.339 e. The van der Waals surface area contributed by atoms with Crippen LogP contribution in [0.1, 0.15) is 11.7 Å². The van der Waals surface area contributed by atoms with E-state index < -0.39 is 11.9 Å². The Morgan fingerprint density at radius 1 is 1.25 bits per heavy atom. The molecule has 20 heavy (non-hydrogen) atoms. The van der Waals surface area contributed by atoms with E-state index in [0.717, 1.165) is 5.69 Å². The zero-order valence-corrected chi connectivity index (χ0v) is 11.5. The minimum absolute atomic E-state index is 0.304. The van der Waals surface area contributed by atoms with Crippen molar-refractivity contribution in [2.45, 2.75) is 6.04 Å². The fraction of sp³-hybridized carbons (Fsp3) is 0.286. The number of rotatable bonds is 3. The molecule has 2 heterocycles. The summed E-state index contributed by atoms with van der Waals surface area (Å²) in [5.74, 6) is -0.978. The van der Waals surface area contributed by atoms with Crippen LogP contribution in [0, 0.1) is 0 Å². The normalized spacial score (nSPS) is 18.1. The molecule has 1 aliphatic heterocycles. The van der Waals surface area contributed by atoms with E-state index in [1.165, 1.54) is 20.3 Å². The van der Waals surface area contributed by atoms with E-state index >= 15 is 0 Å². The third kappa shape index (κ3) is 2.45. The lowest BCUT2D eigenvalue weighted by Gasteiger charge is -2.31. The van der Waals surface area contributed by atoms with Gasteiger partial charge in [0.15, 0.2) is 0 Å². The van der Waals surface area contributed by atoms with Gasteiger partial charge in [0, 0.05) is 25.1 Å². The molecule has 1 N–H and O–H groups in total. The predicted molar refractivity (Wildman–Crippen MR) is 71.5 cm³/mol. The Morgan fingerprint density at radius 3 is 2.50 bits per heavy atom. The maximum atomic E-state index is 12.0. The van der Waals surface area contributed by atoms with Gasteiger partial charge in [0.1, 0.15) is 6.04 Å². The Hall–Kier alpha value is -2.50. The second-order valence-electron chi connectivity index (χ2n) is 4.36. The Morgan fingerprint density at radius 2 is 1.95 bits per heavy atom. The van der Waals surface area contributed by atoms with Crippen molar-refractivity contribution in [3.8, 4) is 0 Å². The number of nitrogens with one attached hydrogen (secondary N) is 1. The van der Waals surface area contributed by atoms with Crippen molar-refractivity contribution in [3.05, 3.63) is 47.4 Å². The highest BCUT2D eigenvalue weighted by atomic mass is 16.5. The molecular formula is C14H16N2O4. The van der Waals surface area contributed by atoms with Gasteiger partial charge in [-0.2, -0.15) is 0 Å². The molecule has 0 spiro atoms. The molecule has 6 heteroatoms. The molecular weight excluding hydrogens is 260 g/mol. The molecule has 1 aromatic rings. The maximum absolute atomic E-state index is 12.0. The zero-order chi connectivity index (χ0) is 14.7. The predicted octanol–water partition coefficient (Wildman–Crippen LogP) is 1.16. The molecule has 0 saturated heterocycles. The van der Waals surface area contributed by atoms with Crippen LogP contribution in [0.4, 0.5) is 0 Å². The number of H-pyrrole nitrogens is 1. The molecule has 1 unspecified atom stereocenters. The summed E-state index contributed by atoms with van der Waals surface area (Å²) < 4.78 is 9.49. The standard InChI is InChI=1S/C14H16N2O4/c1-16-8-9(13(17)19-2)7-10(14(18)20-3)12(16)11-5-4-6-15-11/h4-8,12,15H,1-3H3. The number of hydrogen-bond donors (Lipinski definition) is 1. The number of carbonyl (C=O) groups is 2. The van der Waals surface area contributed by atoms with Gasteiger partial charge in [0.2, 0.25) is 0 Å². The first-order chi connectivity index (χ1) is 9.58. The minimum atomic E-state index is -0.497.